The van der Waals surface area contributed by atoms with E-state index in [1.807, 2.05) is 33.7 Å². The average Bonchev–Trinajstić information content (AvgIpc) is 3.23. The number of benzene rings is 2. The number of hydrogen-bond donors (Lipinski definition) is 0. The highest BCUT2D eigenvalue weighted by Gasteiger charge is 2.24. The summed E-state index contributed by atoms with van der Waals surface area (Å²) in [7, 11) is 3.10. The lowest BCUT2D eigenvalue weighted by Gasteiger charge is -2.30. The van der Waals surface area contributed by atoms with Crippen molar-refractivity contribution in [2.45, 2.75) is 31.5 Å². The third-order valence-corrected chi connectivity index (χ3v) is 7.94. The first-order chi connectivity index (χ1) is 16.8. The summed E-state index contributed by atoms with van der Waals surface area (Å²) in [6.45, 7) is 4.18. The highest BCUT2D eigenvalue weighted by atomic mass is 32.2. The molecule has 0 radical (unpaired) electrons. The molecule has 0 atom stereocenters. The van der Waals surface area contributed by atoms with Gasteiger partial charge in [0.25, 0.3) is 5.56 Å². The van der Waals surface area contributed by atoms with Crippen LogP contribution >= 0.6 is 11.8 Å². The lowest BCUT2D eigenvalue weighted by molar-refractivity contribution is -0.129. The Morgan fingerprint density at radius 1 is 1.03 bits per heavy atom. The summed E-state index contributed by atoms with van der Waals surface area (Å²) in [6.07, 6.45) is 2.04. The number of imidazole rings is 1. The third kappa shape index (κ3) is 4.29. The molecular weight excluding hydrogens is 462 g/mol. The Morgan fingerprint density at radius 2 is 1.74 bits per heavy atom. The molecule has 0 spiro atoms. The van der Waals surface area contributed by atoms with Gasteiger partial charge in [0, 0.05) is 27.2 Å². The summed E-state index contributed by atoms with van der Waals surface area (Å²) >= 11 is 1.33. The Balaban J connectivity index is 1.56. The van der Waals surface area contributed by atoms with Crippen molar-refractivity contribution < 1.29 is 4.79 Å². The van der Waals surface area contributed by atoms with E-state index in [4.69, 9.17) is 0 Å². The predicted octanol–water partition coefficient (Wildman–Crippen LogP) is 2.99. The Labute approximate surface area is 207 Å². The average molecular weight is 492 g/mol. The molecule has 2 aromatic heterocycles. The molecule has 1 aliphatic rings. The van der Waals surface area contributed by atoms with Gasteiger partial charge in [0.2, 0.25) is 5.91 Å². The lowest BCUT2D eigenvalue weighted by Crippen LogP contribution is -2.39. The summed E-state index contributed by atoms with van der Waals surface area (Å²) in [5.74, 6) is 0.961. The van der Waals surface area contributed by atoms with Gasteiger partial charge < -0.3 is 9.47 Å². The molecule has 9 heteroatoms. The number of thioether (sulfide) groups is 1. The molecule has 1 aliphatic heterocycles. The minimum absolute atomic E-state index is 0.0764. The van der Waals surface area contributed by atoms with Crippen LogP contribution < -0.4 is 11.2 Å². The number of nitrogens with zero attached hydrogens (tertiary/aromatic N) is 5. The van der Waals surface area contributed by atoms with Crippen LogP contribution in [0.2, 0.25) is 0 Å². The van der Waals surface area contributed by atoms with Crippen molar-refractivity contribution in [3.63, 3.8) is 0 Å². The van der Waals surface area contributed by atoms with Crippen molar-refractivity contribution >= 4 is 39.6 Å². The number of aryl methyl sites for hydroxylation is 1. The van der Waals surface area contributed by atoms with Crippen molar-refractivity contribution in [2.24, 2.45) is 20.0 Å². The number of aromatic nitrogens is 4. The molecule has 0 aliphatic carbocycles. The first-order valence-corrected chi connectivity index (χ1v) is 12.9. The largest absolute Gasteiger partial charge is 0.342 e. The number of rotatable bonds is 5. The summed E-state index contributed by atoms with van der Waals surface area (Å²) in [5.41, 5.74) is 0.923. The van der Waals surface area contributed by atoms with E-state index in [1.54, 1.807) is 7.05 Å². The lowest BCUT2D eigenvalue weighted by atomic mass is 9.99. The molecule has 2 aromatic carbocycles. The zero-order valence-electron chi connectivity index (χ0n) is 20.2. The minimum atomic E-state index is -0.424. The summed E-state index contributed by atoms with van der Waals surface area (Å²) in [5, 5.41) is 2.76. The molecule has 182 valence electrons. The fraction of sp³-hybridized carbons (Fsp3) is 0.385. The first kappa shape index (κ1) is 23.4. The van der Waals surface area contributed by atoms with Crippen LogP contribution in [0.15, 0.2) is 57.2 Å². The van der Waals surface area contributed by atoms with Crippen LogP contribution in [0.5, 0.6) is 0 Å². The second-order valence-electron chi connectivity index (χ2n) is 9.35. The van der Waals surface area contributed by atoms with Gasteiger partial charge in [-0.2, -0.15) is 0 Å². The second kappa shape index (κ2) is 9.37. The van der Waals surface area contributed by atoms with Gasteiger partial charge in [0.1, 0.15) is 0 Å². The van der Waals surface area contributed by atoms with E-state index in [9.17, 15) is 14.4 Å². The molecule has 0 saturated carbocycles. The minimum Gasteiger partial charge on any atom is -0.342 e. The maximum atomic E-state index is 13.2. The third-order valence-electron chi connectivity index (χ3n) is 6.98. The molecule has 3 heterocycles. The van der Waals surface area contributed by atoms with Crippen molar-refractivity contribution in [1.29, 1.82) is 0 Å². The van der Waals surface area contributed by atoms with Gasteiger partial charge in [-0.1, -0.05) is 61.2 Å². The van der Waals surface area contributed by atoms with E-state index in [0.717, 1.165) is 46.8 Å². The molecule has 1 amide bonds. The molecule has 0 N–H and O–H groups in total. The molecule has 1 saturated heterocycles. The fourth-order valence-electron chi connectivity index (χ4n) is 4.76. The summed E-state index contributed by atoms with van der Waals surface area (Å²) in [6, 6.07) is 14.2. The SMILES string of the molecule is CC1CCN(C(=O)CSc2nc3c(c(=O)n(C)c(=O)n3C)n2Cc2cccc3ccccc23)CC1. The zero-order chi connectivity index (χ0) is 24.7. The van der Waals surface area contributed by atoms with Crippen LogP contribution in [0.3, 0.4) is 0 Å². The van der Waals surface area contributed by atoms with E-state index >= 15 is 0 Å². The Kier molecular flexibility index (Phi) is 6.27. The molecule has 0 unspecified atom stereocenters. The smallest absolute Gasteiger partial charge is 0.332 e. The van der Waals surface area contributed by atoms with Gasteiger partial charge >= 0.3 is 5.69 Å². The van der Waals surface area contributed by atoms with Crippen molar-refractivity contribution in [3.05, 3.63) is 68.9 Å². The Morgan fingerprint density at radius 3 is 2.51 bits per heavy atom. The number of carbonyl (C=O) groups is 1. The molecular formula is C26H29N5O3S. The molecule has 5 rings (SSSR count). The van der Waals surface area contributed by atoms with E-state index in [0.29, 0.717) is 28.8 Å². The highest BCUT2D eigenvalue weighted by molar-refractivity contribution is 7.99. The molecule has 1 fully saturated rings. The van der Waals surface area contributed by atoms with Crippen LogP contribution in [-0.2, 0) is 25.4 Å². The highest BCUT2D eigenvalue weighted by Crippen LogP contribution is 2.27. The molecule has 4 aromatic rings. The van der Waals surface area contributed by atoms with Gasteiger partial charge in [-0.15, -0.1) is 0 Å². The predicted molar refractivity (Wildman–Crippen MR) is 139 cm³/mol. The first-order valence-electron chi connectivity index (χ1n) is 11.9. The summed E-state index contributed by atoms with van der Waals surface area (Å²) in [4.78, 5) is 45.3. The number of carbonyl (C=O) groups excluding carboxylic acids is 1. The topological polar surface area (TPSA) is 82.1 Å². The number of fused-ring (bicyclic) bond motifs is 2. The van der Waals surface area contributed by atoms with E-state index in [1.165, 1.54) is 23.4 Å². The standard InChI is InChI=1S/C26H29N5O3S/c1-17-11-13-30(14-12-17)21(32)16-35-25-27-23-22(24(33)29(3)26(34)28(23)2)31(25)15-19-9-6-8-18-7-4-5-10-20(18)19/h4-10,17H,11-16H2,1-3H3. The number of hydrogen-bond acceptors (Lipinski definition) is 5. The maximum absolute atomic E-state index is 13.2. The van der Waals surface area contributed by atoms with Gasteiger partial charge in [-0.3, -0.25) is 18.7 Å². The second-order valence-corrected chi connectivity index (χ2v) is 10.3. The number of amides is 1. The van der Waals surface area contributed by atoms with Crippen LogP contribution in [0.1, 0.15) is 25.3 Å². The maximum Gasteiger partial charge on any atom is 0.332 e. The normalized spacial score (nSPS) is 14.8. The monoisotopic (exact) mass is 491 g/mol. The van der Waals surface area contributed by atoms with E-state index in [-0.39, 0.29) is 17.2 Å². The summed E-state index contributed by atoms with van der Waals surface area (Å²) < 4.78 is 4.36. The Hall–Kier alpha value is -3.33. The Bertz CT molecular complexity index is 1540. The molecule has 35 heavy (non-hydrogen) atoms. The molecule has 0 bridgehead atoms. The van der Waals surface area contributed by atoms with Gasteiger partial charge in [-0.25, -0.2) is 9.78 Å². The van der Waals surface area contributed by atoms with Gasteiger partial charge in [-0.05, 0) is 35.1 Å². The van der Waals surface area contributed by atoms with Gasteiger partial charge in [0.15, 0.2) is 16.3 Å². The number of piperidine rings is 1. The van der Waals surface area contributed by atoms with Crippen molar-refractivity contribution in [2.75, 3.05) is 18.8 Å². The van der Waals surface area contributed by atoms with E-state index < -0.39 is 5.69 Å². The van der Waals surface area contributed by atoms with Crippen molar-refractivity contribution in [3.8, 4) is 0 Å². The molecule has 8 nitrogen and oxygen atoms in total. The number of likely N-dealkylation sites (tertiary alicyclic amines) is 1. The van der Waals surface area contributed by atoms with Gasteiger partial charge in [0.05, 0.1) is 12.3 Å². The zero-order valence-corrected chi connectivity index (χ0v) is 21.0. The van der Waals surface area contributed by atoms with Crippen LogP contribution in [0.25, 0.3) is 21.9 Å². The van der Waals surface area contributed by atoms with Crippen LogP contribution in [0.4, 0.5) is 0 Å². The quantitative estimate of drug-likeness (QED) is 0.401. The van der Waals surface area contributed by atoms with E-state index in [2.05, 4.69) is 30.1 Å². The van der Waals surface area contributed by atoms with Crippen molar-refractivity contribution in [1.82, 2.24) is 23.6 Å². The fourth-order valence-corrected chi connectivity index (χ4v) is 5.66. The van der Waals surface area contributed by atoms with Crippen LogP contribution in [0, 0.1) is 5.92 Å². The van der Waals surface area contributed by atoms with Crippen LogP contribution in [-0.4, -0.2) is 48.3 Å².